The molecule has 2 N–H and O–H groups in total. The first-order chi connectivity index (χ1) is 10.4. The van der Waals surface area contributed by atoms with E-state index in [9.17, 15) is 14.6 Å². The maximum absolute atomic E-state index is 14.2. The van der Waals surface area contributed by atoms with Crippen LogP contribution in [0.2, 0.25) is 0 Å². The number of rotatable bonds is 0. The number of halogens is 1. The van der Waals surface area contributed by atoms with Crippen LogP contribution in [0.25, 0.3) is 0 Å². The summed E-state index contributed by atoms with van der Waals surface area (Å²) in [5, 5.41) is 21.0. The van der Waals surface area contributed by atoms with Crippen molar-refractivity contribution in [3.63, 3.8) is 0 Å². The molecule has 3 fully saturated rings. The highest BCUT2D eigenvalue weighted by Crippen LogP contribution is 2.65. The van der Waals surface area contributed by atoms with Crippen LogP contribution in [-0.4, -0.2) is 22.5 Å². The topological polar surface area (TPSA) is 40.5 Å². The largest absolute Gasteiger partial charge is 0.512 e. The van der Waals surface area contributed by atoms with Gasteiger partial charge in [-0.3, -0.25) is 0 Å². The van der Waals surface area contributed by atoms with Crippen molar-refractivity contribution < 1.29 is 14.6 Å². The van der Waals surface area contributed by atoms with Crippen molar-refractivity contribution in [2.24, 2.45) is 28.6 Å². The Labute approximate surface area is 132 Å². The van der Waals surface area contributed by atoms with Gasteiger partial charge in [-0.1, -0.05) is 20.3 Å². The van der Waals surface area contributed by atoms with Gasteiger partial charge in [-0.15, -0.1) is 0 Å². The quantitative estimate of drug-likeness (QED) is 0.690. The van der Waals surface area contributed by atoms with Crippen LogP contribution < -0.4 is 0 Å². The number of hydrogen-bond acceptors (Lipinski definition) is 2. The average Bonchev–Trinajstić information content (AvgIpc) is 2.71. The van der Waals surface area contributed by atoms with Gasteiger partial charge in [0.05, 0.1) is 11.9 Å². The summed E-state index contributed by atoms with van der Waals surface area (Å²) in [6.07, 6.45) is 5.96. The summed E-state index contributed by atoms with van der Waals surface area (Å²) in [4.78, 5) is 0. The molecule has 4 rings (SSSR count). The van der Waals surface area contributed by atoms with Crippen LogP contribution in [0.4, 0.5) is 4.39 Å². The molecule has 22 heavy (non-hydrogen) atoms. The minimum Gasteiger partial charge on any atom is -0.512 e. The molecule has 2 nitrogen and oxygen atoms in total. The Balaban J connectivity index is 1.74. The highest BCUT2D eigenvalue weighted by Gasteiger charge is 2.61. The lowest BCUT2D eigenvalue weighted by atomic mass is 9.48. The van der Waals surface area contributed by atoms with Gasteiger partial charge < -0.3 is 10.2 Å². The molecule has 0 aromatic carbocycles. The fourth-order valence-corrected chi connectivity index (χ4v) is 6.77. The van der Waals surface area contributed by atoms with E-state index in [2.05, 4.69) is 13.8 Å². The fourth-order valence-electron chi connectivity index (χ4n) is 6.77. The summed E-state index contributed by atoms with van der Waals surface area (Å²) >= 11 is 0. The molecule has 0 amide bonds. The maximum Gasteiger partial charge on any atom is 0.127 e. The minimum absolute atomic E-state index is 0.117. The summed E-state index contributed by atoms with van der Waals surface area (Å²) < 4.78 is 14.2. The van der Waals surface area contributed by atoms with Crippen LogP contribution in [0, 0.1) is 28.6 Å². The van der Waals surface area contributed by atoms with E-state index in [1.54, 1.807) is 0 Å². The SMILES string of the molecule is C[C@]12CC[C@H]3[C@@H](CC(O)=C4CCCC[C@@]43C)[C@@H]1C[C@@H](F)[C@@H]2O. The van der Waals surface area contributed by atoms with E-state index in [1.165, 1.54) is 24.8 Å². The summed E-state index contributed by atoms with van der Waals surface area (Å²) in [5.41, 5.74) is 1.13. The van der Waals surface area contributed by atoms with Crippen molar-refractivity contribution in [1.29, 1.82) is 0 Å². The second kappa shape index (κ2) is 4.72. The van der Waals surface area contributed by atoms with Crippen LogP contribution in [0.1, 0.15) is 65.2 Å². The molecule has 124 valence electrons. The van der Waals surface area contributed by atoms with Gasteiger partial charge in [-0.25, -0.2) is 4.39 Å². The molecule has 4 aliphatic rings. The lowest BCUT2D eigenvalue weighted by Crippen LogP contribution is -2.51. The summed E-state index contributed by atoms with van der Waals surface area (Å²) in [5.74, 6) is 1.73. The van der Waals surface area contributed by atoms with Crippen molar-refractivity contribution in [3.05, 3.63) is 11.3 Å². The zero-order valence-corrected chi connectivity index (χ0v) is 13.8. The zero-order chi connectivity index (χ0) is 15.7. The van der Waals surface area contributed by atoms with Crippen LogP contribution in [-0.2, 0) is 0 Å². The highest BCUT2D eigenvalue weighted by atomic mass is 19.1. The summed E-state index contributed by atoms with van der Waals surface area (Å²) in [6.45, 7) is 4.42. The van der Waals surface area contributed by atoms with Gasteiger partial charge in [0.15, 0.2) is 0 Å². The van der Waals surface area contributed by atoms with E-state index in [0.29, 0.717) is 24.0 Å². The molecule has 0 heterocycles. The van der Waals surface area contributed by atoms with Crippen molar-refractivity contribution in [2.75, 3.05) is 0 Å². The predicted octanol–water partition coefficient (Wildman–Crippen LogP) is 4.53. The Hall–Kier alpha value is -0.570. The van der Waals surface area contributed by atoms with Gasteiger partial charge in [0.25, 0.3) is 0 Å². The minimum atomic E-state index is -1.08. The molecule has 0 radical (unpaired) electrons. The molecule has 0 aliphatic heterocycles. The molecule has 7 atom stereocenters. The molecule has 0 bridgehead atoms. The third-order valence-electron chi connectivity index (χ3n) is 8.03. The summed E-state index contributed by atoms with van der Waals surface area (Å²) in [6, 6.07) is 0. The molecule has 0 aromatic rings. The van der Waals surface area contributed by atoms with E-state index in [-0.39, 0.29) is 16.7 Å². The number of aliphatic hydroxyl groups is 2. The van der Waals surface area contributed by atoms with Gasteiger partial charge in [0.1, 0.15) is 6.17 Å². The second-order valence-corrected chi connectivity index (χ2v) is 8.87. The molecule has 0 spiro atoms. The molecular weight excluding hydrogens is 279 g/mol. The Morgan fingerprint density at radius 2 is 1.91 bits per heavy atom. The molecule has 0 unspecified atom stereocenters. The number of alkyl halides is 1. The average molecular weight is 308 g/mol. The van der Waals surface area contributed by atoms with E-state index in [4.69, 9.17) is 0 Å². The normalized spacial score (nSPS) is 54.6. The van der Waals surface area contributed by atoms with Crippen LogP contribution >= 0.6 is 0 Å². The van der Waals surface area contributed by atoms with Crippen LogP contribution in [0.5, 0.6) is 0 Å². The zero-order valence-electron chi connectivity index (χ0n) is 13.8. The van der Waals surface area contributed by atoms with Gasteiger partial charge in [0, 0.05) is 6.42 Å². The highest BCUT2D eigenvalue weighted by molar-refractivity contribution is 5.27. The molecular formula is C19H29FO2. The van der Waals surface area contributed by atoms with Crippen LogP contribution in [0.3, 0.4) is 0 Å². The van der Waals surface area contributed by atoms with Crippen molar-refractivity contribution >= 4 is 0 Å². The molecule has 0 aromatic heterocycles. The van der Waals surface area contributed by atoms with E-state index >= 15 is 0 Å². The lowest BCUT2D eigenvalue weighted by Gasteiger charge is -2.57. The Kier molecular flexibility index (Phi) is 3.21. The van der Waals surface area contributed by atoms with Gasteiger partial charge in [0.2, 0.25) is 0 Å². The van der Waals surface area contributed by atoms with Gasteiger partial charge >= 0.3 is 0 Å². The number of fused-ring (bicyclic) bond motifs is 5. The van der Waals surface area contributed by atoms with Gasteiger partial charge in [-0.05, 0) is 72.7 Å². The molecule has 0 saturated heterocycles. The number of hydrogen-bond donors (Lipinski definition) is 2. The predicted molar refractivity (Wildman–Crippen MR) is 84.2 cm³/mol. The molecule has 3 heteroatoms. The first kappa shape index (κ1) is 15.0. The van der Waals surface area contributed by atoms with Crippen LogP contribution in [0.15, 0.2) is 11.3 Å². The number of allylic oxidation sites excluding steroid dienone is 2. The van der Waals surface area contributed by atoms with Crippen molar-refractivity contribution in [2.45, 2.75) is 77.5 Å². The first-order valence-electron chi connectivity index (χ1n) is 9.11. The van der Waals surface area contributed by atoms with Crippen molar-refractivity contribution in [1.82, 2.24) is 0 Å². The second-order valence-electron chi connectivity index (χ2n) is 8.87. The van der Waals surface area contributed by atoms with E-state index in [0.717, 1.165) is 25.7 Å². The monoisotopic (exact) mass is 308 g/mol. The Morgan fingerprint density at radius 1 is 1.14 bits per heavy atom. The first-order valence-corrected chi connectivity index (χ1v) is 9.11. The number of aliphatic hydroxyl groups excluding tert-OH is 2. The van der Waals surface area contributed by atoms with E-state index < -0.39 is 12.3 Å². The maximum atomic E-state index is 14.2. The third-order valence-corrected chi connectivity index (χ3v) is 8.03. The summed E-state index contributed by atoms with van der Waals surface area (Å²) in [7, 11) is 0. The lowest BCUT2D eigenvalue weighted by molar-refractivity contribution is -0.0781. The van der Waals surface area contributed by atoms with Crippen molar-refractivity contribution in [3.8, 4) is 0 Å². The van der Waals surface area contributed by atoms with Gasteiger partial charge in [-0.2, -0.15) is 0 Å². The third kappa shape index (κ3) is 1.75. The van der Waals surface area contributed by atoms with E-state index in [1.807, 2.05) is 0 Å². The molecule has 4 aliphatic carbocycles. The fraction of sp³-hybridized carbons (Fsp3) is 0.895. The molecule has 3 saturated carbocycles. The smallest absolute Gasteiger partial charge is 0.127 e. The standard InChI is InChI=1S/C19H29FO2/c1-18-7-4-3-5-13(18)16(21)9-11-12(18)6-8-19(2)14(11)10-15(20)17(19)22/h11-12,14-15,17,21-22H,3-10H2,1-2H3/t11-,12+,14+,15-,17+,18-,19+/m1/s1. The Bertz CT molecular complexity index is 516. The Morgan fingerprint density at radius 3 is 2.68 bits per heavy atom.